The van der Waals surface area contributed by atoms with Crippen LogP contribution in [0, 0.1) is 0 Å². The molecule has 0 radical (unpaired) electrons. The summed E-state index contributed by atoms with van der Waals surface area (Å²) in [6.45, 7) is 0.672. The molecule has 1 aromatic carbocycles. The fraction of sp³-hybridized carbons (Fsp3) is 0.111. The van der Waals surface area contributed by atoms with Gasteiger partial charge in [-0.25, -0.2) is 4.68 Å². The van der Waals surface area contributed by atoms with Crippen molar-refractivity contribution in [1.82, 2.24) is 15.0 Å². The van der Waals surface area contributed by atoms with Gasteiger partial charge in [0.25, 0.3) is 0 Å². The molecule has 0 aliphatic carbocycles. The molecule has 0 spiro atoms. The molecule has 4 nitrogen and oxygen atoms in total. The highest BCUT2D eigenvalue weighted by molar-refractivity contribution is 9.10. The van der Waals surface area contributed by atoms with Crippen LogP contribution in [0.2, 0.25) is 0 Å². The second-order valence-corrected chi connectivity index (χ2v) is 3.71. The van der Waals surface area contributed by atoms with Gasteiger partial charge in [0.2, 0.25) is 0 Å². The molecule has 0 saturated carbocycles. The van der Waals surface area contributed by atoms with Crippen LogP contribution < -0.4 is 5.73 Å². The van der Waals surface area contributed by atoms with Crippen molar-refractivity contribution in [3.05, 3.63) is 40.6 Å². The summed E-state index contributed by atoms with van der Waals surface area (Å²) in [6, 6.07) is 5.78. The van der Waals surface area contributed by atoms with Crippen molar-refractivity contribution in [3.8, 4) is 0 Å². The number of benzene rings is 1. The normalized spacial score (nSPS) is 10.4. The lowest BCUT2D eigenvalue weighted by Gasteiger charge is -2.05. The molecule has 0 unspecified atom stereocenters. The van der Waals surface area contributed by atoms with Crippen molar-refractivity contribution in [2.24, 2.45) is 0 Å². The molecule has 0 amide bonds. The lowest BCUT2D eigenvalue weighted by atomic mass is 10.2. The molecule has 0 aliphatic heterocycles. The molecule has 72 valence electrons. The fourth-order valence-corrected chi connectivity index (χ4v) is 1.60. The summed E-state index contributed by atoms with van der Waals surface area (Å²) in [5, 5.41) is 7.62. The van der Waals surface area contributed by atoms with E-state index in [0.29, 0.717) is 6.54 Å². The predicted molar refractivity (Wildman–Crippen MR) is 57.7 cm³/mol. The van der Waals surface area contributed by atoms with Crippen molar-refractivity contribution in [3.63, 3.8) is 0 Å². The van der Waals surface area contributed by atoms with Gasteiger partial charge in [-0.3, -0.25) is 0 Å². The molecule has 2 rings (SSSR count). The van der Waals surface area contributed by atoms with Gasteiger partial charge in [0.15, 0.2) is 0 Å². The summed E-state index contributed by atoms with van der Waals surface area (Å²) in [5.74, 6) is 0. The van der Waals surface area contributed by atoms with Crippen LogP contribution in [-0.4, -0.2) is 15.0 Å². The quantitative estimate of drug-likeness (QED) is 0.828. The Labute approximate surface area is 89.9 Å². The van der Waals surface area contributed by atoms with Crippen LogP contribution in [0.4, 0.5) is 5.69 Å². The Morgan fingerprint density at radius 1 is 1.43 bits per heavy atom. The predicted octanol–water partition coefficient (Wildman–Crippen LogP) is 1.67. The van der Waals surface area contributed by atoms with Crippen molar-refractivity contribution < 1.29 is 0 Å². The van der Waals surface area contributed by atoms with Gasteiger partial charge in [-0.15, -0.1) is 5.10 Å². The molecule has 14 heavy (non-hydrogen) atoms. The van der Waals surface area contributed by atoms with E-state index in [-0.39, 0.29) is 0 Å². The summed E-state index contributed by atoms with van der Waals surface area (Å²) in [6.07, 6.45) is 3.47. The van der Waals surface area contributed by atoms with Gasteiger partial charge in [0, 0.05) is 16.4 Å². The van der Waals surface area contributed by atoms with Crippen molar-refractivity contribution >= 4 is 21.6 Å². The van der Waals surface area contributed by atoms with Gasteiger partial charge in [0.1, 0.15) is 0 Å². The largest absolute Gasteiger partial charge is 0.398 e. The second-order valence-electron chi connectivity index (χ2n) is 2.92. The molecular formula is C9H9BrN4. The number of halogens is 1. The average molecular weight is 253 g/mol. The Bertz CT molecular complexity index is 424. The first-order valence-electron chi connectivity index (χ1n) is 4.14. The number of hydrogen-bond donors (Lipinski definition) is 1. The highest BCUT2D eigenvalue weighted by Gasteiger charge is 2.03. The molecule has 5 heteroatoms. The zero-order valence-corrected chi connectivity index (χ0v) is 8.98. The Morgan fingerprint density at radius 3 is 3.00 bits per heavy atom. The van der Waals surface area contributed by atoms with Crippen LogP contribution in [0.25, 0.3) is 0 Å². The van der Waals surface area contributed by atoms with Crippen molar-refractivity contribution in [2.45, 2.75) is 6.54 Å². The van der Waals surface area contributed by atoms with E-state index in [0.717, 1.165) is 15.7 Å². The van der Waals surface area contributed by atoms with Crippen molar-refractivity contribution in [2.75, 3.05) is 5.73 Å². The maximum absolute atomic E-state index is 5.76. The highest BCUT2D eigenvalue weighted by atomic mass is 79.9. The second kappa shape index (κ2) is 3.79. The van der Waals surface area contributed by atoms with Gasteiger partial charge in [-0.1, -0.05) is 17.3 Å². The summed E-state index contributed by atoms with van der Waals surface area (Å²) in [4.78, 5) is 0. The van der Waals surface area contributed by atoms with E-state index in [2.05, 4.69) is 26.2 Å². The van der Waals surface area contributed by atoms with E-state index >= 15 is 0 Å². The molecule has 1 heterocycles. The lowest BCUT2D eigenvalue weighted by Crippen LogP contribution is -2.02. The first kappa shape index (κ1) is 9.21. The molecule has 0 aliphatic rings. The summed E-state index contributed by atoms with van der Waals surface area (Å²) in [7, 11) is 0. The van der Waals surface area contributed by atoms with Crippen LogP contribution in [0.15, 0.2) is 35.1 Å². The number of anilines is 1. The van der Waals surface area contributed by atoms with Crippen LogP contribution >= 0.6 is 15.9 Å². The minimum absolute atomic E-state index is 0.672. The molecule has 0 fully saturated rings. The minimum atomic E-state index is 0.672. The standard InChI is InChI=1S/C9H9BrN4/c10-9-7(2-1-3-8(9)11)6-14-5-4-12-13-14/h1-5H,6,11H2. The molecule has 1 aromatic heterocycles. The maximum Gasteiger partial charge on any atom is 0.0693 e. The molecule has 2 N–H and O–H groups in total. The number of hydrogen-bond acceptors (Lipinski definition) is 3. The SMILES string of the molecule is Nc1cccc(Cn2ccnn2)c1Br. The van der Waals surface area contributed by atoms with E-state index in [4.69, 9.17) is 5.73 Å². The third kappa shape index (κ3) is 1.77. The maximum atomic E-state index is 5.76. The summed E-state index contributed by atoms with van der Waals surface area (Å²) >= 11 is 3.44. The average Bonchev–Trinajstić information content (AvgIpc) is 2.66. The molecular weight excluding hydrogens is 244 g/mol. The number of aromatic nitrogens is 3. The van der Waals surface area contributed by atoms with E-state index in [1.807, 2.05) is 24.4 Å². The van der Waals surface area contributed by atoms with Gasteiger partial charge in [-0.2, -0.15) is 0 Å². The minimum Gasteiger partial charge on any atom is -0.398 e. The third-order valence-electron chi connectivity index (χ3n) is 1.91. The van der Waals surface area contributed by atoms with E-state index in [1.165, 1.54) is 0 Å². The number of rotatable bonds is 2. The molecule has 0 atom stereocenters. The Kier molecular flexibility index (Phi) is 2.49. The fourth-order valence-electron chi connectivity index (χ4n) is 1.21. The van der Waals surface area contributed by atoms with Gasteiger partial charge < -0.3 is 5.73 Å². The third-order valence-corrected chi connectivity index (χ3v) is 2.88. The van der Waals surface area contributed by atoms with Crippen molar-refractivity contribution in [1.29, 1.82) is 0 Å². The van der Waals surface area contributed by atoms with E-state index in [9.17, 15) is 0 Å². The zero-order chi connectivity index (χ0) is 9.97. The summed E-state index contributed by atoms with van der Waals surface area (Å²) < 4.78 is 2.68. The molecule has 0 bridgehead atoms. The van der Waals surface area contributed by atoms with Crippen LogP contribution in [0.1, 0.15) is 5.56 Å². The summed E-state index contributed by atoms with van der Waals surface area (Å²) in [5.41, 5.74) is 7.59. The van der Waals surface area contributed by atoms with Gasteiger partial charge in [-0.05, 0) is 27.6 Å². The Balaban J connectivity index is 2.29. The topological polar surface area (TPSA) is 56.7 Å². The highest BCUT2D eigenvalue weighted by Crippen LogP contribution is 2.23. The van der Waals surface area contributed by atoms with Crippen LogP contribution in [0.3, 0.4) is 0 Å². The first-order valence-corrected chi connectivity index (χ1v) is 4.93. The van der Waals surface area contributed by atoms with E-state index < -0.39 is 0 Å². The number of nitrogen functional groups attached to an aromatic ring is 1. The molecule has 0 saturated heterocycles. The lowest BCUT2D eigenvalue weighted by molar-refractivity contribution is 0.648. The smallest absolute Gasteiger partial charge is 0.0693 e. The Hall–Kier alpha value is -1.36. The monoisotopic (exact) mass is 252 g/mol. The number of nitrogens with zero attached hydrogens (tertiary/aromatic N) is 3. The van der Waals surface area contributed by atoms with Gasteiger partial charge >= 0.3 is 0 Å². The number of nitrogens with two attached hydrogens (primary N) is 1. The van der Waals surface area contributed by atoms with Crippen LogP contribution in [-0.2, 0) is 6.54 Å². The Morgan fingerprint density at radius 2 is 2.29 bits per heavy atom. The van der Waals surface area contributed by atoms with E-state index in [1.54, 1.807) is 10.9 Å². The zero-order valence-electron chi connectivity index (χ0n) is 7.39. The van der Waals surface area contributed by atoms with Crippen LogP contribution in [0.5, 0.6) is 0 Å². The first-order chi connectivity index (χ1) is 6.77. The van der Waals surface area contributed by atoms with Gasteiger partial charge in [0.05, 0.1) is 12.7 Å². The molecule has 2 aromatic rings.